The minimum absolute atomic E-state index is 0.313. The van der Waals surface area contributed by atoms with Gasteiger partial charge in [-0.05, 0) is 23.3 Å². The average molecular weight is 202 g/mol. The van der Waals surface area contributed by atoms with Crippen molar-refractivity contribution in [1.82, 2.24) is 4.98 Å². The smallest absolute Gasteiger partial charge is 0.149 e. The molecule has 0 spiro atoms. The first-order valence-corrected chi connectivity index (χ1v) is 4.70. The van der Waals surface area contributed by atoms with Crippen molar-refractivity contribution in [3.05, 3.63) is 54.1 Å². The molecule has 0 aliphatic carbocycles. The molecule has 15 heavy (non-hydrogen) atoms. The van der Waals surface area contributed by atoms with Gasteiger partial charge in [0.05, 0.1) is 6.20 Å². The van der Waals surface area contributed by atoms with Crippen LogP contribution in [0.1, 0.15) is 5.56 Å². The van der Waals surface area contributed by atoms with Crippen molar-refractivity contribution in [1.29, 1.82) is 0 Å². The van der Waals surface area contributed by atoms with Crippen LogP contribution in [0.2, 0.25) is 0 Å². The van der Waals surface area contributed by atoms with E-state index in [2.05, 4.69) is 4.98 Å². The summed E-state index contributed by atoms with van der Waals surface area (Å²) in [4.78, 5) is 3.71. The lowest BCUT2D eigenvalue weighted by Crippen LogP contribution is -1.96. The highest BCUT2D eigenvalue weighted by molar-refractivity contribution is 5.64. The van der Waals surface area contributed by atoms with Crippen LogP contribution in [0.25, 0.3) is 11.1 Å². The van der Waals surface area contributed by atoms with Crippen LogP contribution in [0.3, 0.4) is 0 Å². The van der Waals surface area contributed by atoms with Crippen molar-refractivity contribution in [3.8, 4) is 11.1 Å². The molecular weight excluding hydrogens is 191 g/mol. The van der Waals surface area contributed by atoms with Crippen molar-refractivity contribution < 1.29 is 4.39 Å². The molecule has 0 fully saturated rings. The quantitative estimate of drug-likeness (QED) is 0.811. The van der Waals surface area contributed by atoms with E-state index in [1.807, 2.05) is 24.3 Å². The number of nitrogens with two attached hydrogens (primary N) is 1. The number of rotatable bonds is 2. The zero-order chi connectivity index (χ0) is 10.7. The summed E-state index contributed by atoms with van der Waals surface area (Å²) in [7, 11) is 0. The van der Waals surface area contributed by atoms with E-state index in [9.17, 15) is 4.39 Å². The SMILES string of the molecule is NCc1cccc(-c2ccncc2F)c1. The van der Waals surface area contributed by atoms with Gasteiger partial charge in [0, 0.05) is 18.3 Å². The van der Waals surface area contributed by atoms with Crippen LogP contribution in [0.15, 0.2) is 42.7 Å². The highest BCUT2D eigenvalue weighted by Gasteiger charge is 2.04. The molecule has 0 aliphatic rings. The van der Waals surface area contributed by atoms with Gasteiger partial charge in [0.1, 0.15) is 5.82 Å². The molecule has 0 saturated carbocycles. The first-order chi connectivity index (χ1) is 7.31. The second-order valence-electron chi connectivity index (χ2n) is 3.26. The van der Waals surface area contributed by atoms with Crippen LogP contribution in [-0.2, 0) is 6.54 Å². The van der Waals surface area contributed by atoms with Crippen molar-refractivity contribution >= 4 is 0 Å². The maximum Gasteiger partial charge on any atom is 0.149 e. The van der Waals surface area contributed by atoms with Gasteiger partial charge in [-0.3, -0.25) is 4.98 Å². The lowest BCUT2D eigenvalue weighted by molar-refractivity contribution is 0.625. The Labute approximate surface area is 87.6 Å². The van der Waals surface area contributed by atoms with E-state index >= 15 is 0 Å². The third-order valence-corrected chi connectivity index (χ3v) is 2.25. The summed E-state index contributed by atoms with van der Waals surface area (Å²) in [6, 6.07) is 9.20. The van der Waals surface area contributed by atoms with Crippen LogP contribution in [-0.4, -0.2) is 4.98 Å². The Morgan fingerprint density at radius 3 is 2.87 bits per heavy atom. The van der Waals surface area contributed by atoms with Gasteiger partial charge in [-0.25, -0.2) is 4.39 Å². The summed E-state index contributed by atoms with van der Waals surface area (Å²) in [5.74, 6) is -0.313. The van der Waals surface area contributed by atoms with Crippen molar-refractivity contribution in [2.45, 2.75) is 6.54 Å². The monoisotopic (exact) mass is 202 g/mol. The highest BCUT2D eigenvalue weighted by atomic mass is 19.1. The Morgan fingerprint density at radius 2 is 2.13 bits per heavy atom. The largest absolute Gasteiger partial charge is 0.326 e. The molecule has 1 heterocycles. The lowest BCUT2D eigenvalue weighted by atomic mass is 10.0. The van der Waals surface area contributed by atoms with Gasteiger partial charge in [0.2, 0.25) is 0 Å². The molecule has 2 N–H and O–H groups in total. The van der Waals surface area contributed by atoms with E-state index in [0.29, 0.717) is 12.1 Å². The number of hydrogen-bond donors (Lipinski definition) is 1. The summed E-state index contributed by atoms with van der Waals surface area (Å²) in [6.45, 7) is 0.459. The second kappa shape index (κ2) is 4.19. The Balaban J connectivity index is 2.49. The minimum Gasteiger partial charge on any atom is -0.326 e. The standard InChI is InChI=1S/C12H11FN2/c13-12-8-15-5-4-11(12)10-3-1-2-9(6-10)7-14/h1-6,8H,7,14H2. The fraction of sp³-hybridized carbons (Fsp3) is 0.0833. The lowest BCUT2D eigenvalue weighted by Gasteiger charge is -2.04. The summed E-state index contributed by atoms with van der Waals surface area (Å²) in [6.07, 6.45) is 2.79. The molecule has 0 atom stereocenters. The van der Waals surface area contributed by atoms with Gasteiger partial charge in [0.15, 0.2) is 0 Å². The number of aromatic nitrogens is 1. The van der Waals surface area contributed by atoms with E-state index in [-0.39, 0.29) is 5.82 Å². The van der Waals surface area contributed by atoms with E-state index < -0.39 is 0 Å². The van der Waals surface area contributed by atoms with Crippen LogP contribution in [0.4, 0.5) is 4.39 Å². The van der Waals surface area contributed by atoms with Gasteiger partial charge in [-0.1, -0.05) is 18.2 Å². The molecular formula is C12H11FN2. The van der Waals surface area contributed by atoms with Crippen LogP contribution in [0.5, 0.6) is 0 Å². The third-order valence-electron chi connectivity index (χ3n) is 2.25. The van der Waals surface area contributed by atoms with Crippen molar-refractivity contribution in [2.75, 3.05) is 0 Å². The zero-order valence-electron chi connectivity index (χ0n) is 8.15. The van der Waals surface area contributed by atoms with Gasteiger partial charge in [-0.15, -0.1) is 0 Å². The molecule has 0 amide bonds. The Morgan fingerprint density at radius 1 is 1.27 bits per heavy atom. The van der Waals surface area contributed by atoms with Crippen LogP contribution in [0, 0.1) is 5.82 Å². The zero-order valence-corrected chi connectivity index (χ0v) is 8.15. The van der Waals surface area contributed by atoms with Gasteiger partial charge in [0.25, 0.3) is 0 Å². The minimum atomic E-state index is -0.313. The molecule has 0 aliphatic heterocycles. The molecule has 1 aromatic carbocycles. The van der Waals surface area contributed by atoms with E-state index in [0.717, 1.165) is 11.1 Å². The summed E-state index contributed by atoms with van der Waals surface area (Å²) >= 11 is 0. The summed E-state index contributed by atoms with van der Waals surface area (Å²) in [5.41, 5.74) is 7.91. The summed E-state index contributed by atoms with van der Waals surface area (Å²) < 4.78 is 13.4. The first-order valence-electron chi connectivity index (χ1n) is 4.70. The van der Waals surface area contributed by atoms with E-state index in [1.54, 1.807) is 12.3 Å². The van der Waals surface area contributed by atoms with Crippen LogP contribution >= 0.6 is 0 Å². The molecule has 2 aromatic rings. The maximum absolute atomic E-state index is 13.4. The fourth-order valence-electron chi connectivity index (χ4n) is 1.48. The first kappa shape index (κ1) is 9.80. The molecule has 1 aromatic heterocycles. The number of halogens is 1. The topological polar surface area (TPSA) is 38.9 Å². The molecule has 0 saturated heterocycles. The third kappa shape index (κ3) is 2.02. The Hall–Kier alpha value is -1.74. The maximum atomic E-state index is 13.4. The predicted molar refractivity (Wildman–Crippen MR) is 57.5 cm³/mol. The van der Waals surface area contributed by atoms with Gasteiger partial charge < -0.3 is 5.73 Å². The average Bonchev–Trinajstić information content (AvgIpc) is 2.30. The molecule has 3 heteroatoms. The molecule has 76 valence electrons. The highest BCUT2D eigenvalue weighted by Crippen LogP contribution is 2.22. The molecule has 2 nitrogen and oxygen atoms in total. The number of hydrogen-bond acceptors (Lipinski definition) is 2. The molecule has 0 bridgehead atoms. The molecule has 0 unspecified atom stereocenters. The van der Waals surface area contributed by atoms with Gasteiger partial charge >= 0.3 is 0 Å². The molecule has 0 radical (unpaired) electrons. The van der Waals surface area contributed by atoms with E-state index in [1.165, 1.54) is 6.20 Å². The summed E-state index contributed by atoms with van der Waals surface area (Å²) in [5, 5.41) is 0. The van der Waals surface area contributed by atoms with Crippen LogP contribution < -0.4 is 5.73 Å². The fourth-order valence-corrected chi connectivity index (χ4v) is 1.48. The number of nitrogens with zero attached hydrogens (tertiary/aromatic N) is 1. The number of benzene rings is 1. The molecule has 2 rings (SSSR count). The van der Waals surface area contributed by atoms with Gasteiger partial charge in [-0.2, -0.15) is 0 Å². The Bertz CT molecular complexity index is 469. The Kier molecular flexibility index (Phi) is 2.74. The van der Waals surface area contributed by atoms with Crippen molar-refractivity contribution in [2.24, 2.45) is 5.73 Å². The van der Waals surface area contributed by atoms with Crippen molar-refractivity contribution in [3.63, 3.8) is 0 Å². The normalized spacial score (nSPS) is 10.3. The number of pyridine rings is 1. The predicted octanol–water partition coefficient (Wildman–Crippen LogP) is 2.35. The van der Waals surface area contributed by atoms with E-state index in [4.69, 9.17) is 5.73 Å². The second-order valence-corrected chi connectivity index (χ2v) is 3.26.